The largest absolute Gasteiger partial charge is 0.494 e. The summed E-state index contributed by atoms with van der Waals surface area (Å²) in [6, 6.07) is 6.89. The van der Waals surface area contributed by atoms with E-state index in [1.54, 1.807) is 24.3 Å². The van der Waals surface area contributed by atoms with Crippen LogP contribution in [0, 0.1) is 5.41 Å². The van der Waals surface area contributed by atoms with Gasteiger partial charge >= 0.3 is 0 Å². The summed E-state index contributed by atoms with van der Waals surface area (Å²) in [6.45, 7) is 7.25. The summed E-state index contributed by atoms with van der Waals surface area (Å²) >= 11 is 0. The highest BCUT2D eigenvalue weighted by Crippen LogP contribution is 2.39. The maximum atomic E-state index is 12.8. The van der Waals surface area contributed by atoms with E-state index < -0.39 is 5.91 Å². The van der Waals surface area contributed by atoms with Gasteiger partial charge in [-0.1, -0.05) is 0 Å². The van der Waals surface area contributed by atoms with E-state index in [0.717, 1.165) is 64.2 Å². The summed E-state index contributed by atoms with van der Waals surface area (Å²) in [4.78, 5) is 28.2. The maximum Gasteiger partial charge on any atom is 0.248 e. The highest BCUT2D eigenvalue weighted by Gasteiger charge is 2.47. The number of likely N-dealkylation sites (tertiary alicyclic amines) is 2. The lowest BCUT2D eigenvalue weighted by molar-refractivity contribution is -0.145. The van der Waals surface area contributed by atoms with Crippen LogP contribution in [0.15, 0.2) is 24.3 Å². The SMILES string of the molecule is CCN1CCC[C@@]2(CCN(CCCOc3ccc(C(N)=O)cc3)C2)C1=O. The fourth-order valence-electron chi connectivity index (χ4n) is 4.18. The number of ether oxygens (including phenoxy) is 1. The van der Waals surface area contributed by atoms with Gasteiger partial charge in [-0.3, -0.25) is 9.59 Å². The molecule has 1 spiro atoms. The second-order valence-electron chi connectivity index (χ2n) is 7.39. The standard InChI is InChI=1S/C20H29N3O3/c1-2-23-12-3-9-20(19(23)25)10-13-22(15-20)11-4-14-26-17-7-5-16(6-8-17)18(21)24/h5-8H,2-4,9-15H2,1H3,(H2,21,24)/t20-/m0/s1. The number of carbonyl (C=O) groups excluding carboxylic acids is 2. The fraction of sp³-hybridized carbons (Fsp3) is 0.600. The van der Waals surface area contributed by atoms with Gasteiger partial charge in [-0.15, -0.1) is 0 Å². The van der Waals surface area contributed by atoms with E-state index in [0.29, 0.717) is 18.1 Å². The van der Waals surface area contributed by atoms with Gasteiger partial charge < -0.3 is 20.3 Å². The van der Waals surface area contributed by atoms with Crippen molar-refractivity contribution >= 4 is 11.8 Å². The molecule has 6 nitrogen and oxygen atoms in total. The molecule has 2 saturated heterocycles. The van der Waals surface area contributed by atoms with Crippen molar-refractivity contribution in [3.8, 4) is 5.75 Å². The van der Waals surface area contributed by atoms with Crippen molar-refractivity contribution in [2.24, 2.45) is 11.1 Å². The van der Waals surface area contributed by atoms with Crippen LogP contribution in [0.5, 0.6) is 5.75 Å². The molecule has 1 aromatic carbocycles. The van der Waals surface area contributed by atoms with Gasteiger partial charge in [0.2, 0.25) is 11.8 Å². The normalized spacial score (nSPS) is 23.6. The second-order valence-corrected chi connectivity index (χ2v) is 7.39. The molecule has 142 valence electrons. The molecule has 0 aromatic heterocycles. The minimum Gasteiger partial charge on any atom is -0.494 e. The molecule has 0 unspecified atom stereocenters. The highest BCUT2D eigenvalue weighted by molar-refractivity contribution is 5.92. The van der Waals surface area contributed by atoms with Crippen LogP contribution in [0.1, 0.15) is 43.0 Å². The first-order chi connectivity index (χ1) is 12.5. The van der Waals surface area contributed by atoms with Gasteiger partial charge in [0.15, 0.2) is 0 Å². The van der Waals surface area contributed by atoms with Gasteiger partial charge in [0.05, 0.1) is 12.0 Å². The molecule has 6 heteroatoms. The van der Waals surface area contributed by atoms with E-state index in [4.69, 9.17) is 10.5 Å². The predicted molar refractivity (Wildman–Crippen MR) is 100 cm³/mol. The molecular formula is C20H29N3O3. The zero-order chi connectivity index (χ0) is 18.6. The van der Waals surface area contributed by atoms with Crippen LogP contribution in [0.2, 0.25) is 0 Å². The Balaban J connectivity index is 1.42. The molecule has 2 N–H and O–H groups in total. The second kappa shape index (κ2) is 8.08. The lowest BCUT2D eigenvalue weighted by Crippen LogP contribution is -2.49. The van der Waals surface area contributed by atoms with E-state index in [9.17, 15) is 9.59 Å². The number of primary amides is 1. The van der Waals surface area contributed by atoms with Crippen molar-refractivity contribution in [2.75, 3.05) is 39.3 Å². The van der Waals surface area contributed by atoms with Gasteiger partial charge in [-0.2, -0.15) is 0 Å². The van der Waals surface area contributed by atoms with Crippen molar-refractivity contribution in [3.05, 3.63) is 29.8 Å². The monoisotopic (exact) mass is 359 g/mol. The van der Waals surface area contributed by atoms with Gasteiger partial charge in [-0.05, 0) is 63.4 Å². The molecule has 0 aliphatic carbocycles. The number of carbonyl (C=O) groups is 2. The molecule has 2 fully saturated rings. The average molecular weight is 359 g/mol. The number of nitrogens with zero attached hydrogens (tertiary/aromatic N) is 2. The van der Waals surface area contributed by atoms with E-state index in [-0.39, 0.29) is 5.41 Å². The minimum atomic E-state index is -0.432. The Morgan fingerprint density at radius 2 is 2.00 bits per heavy atom. The number of nitrogens with two attached hydrogens (primary N) is 1. The van der Waals surface area contributed by atoms with Gasteiger partial charge in [0.25, 0.3) is 0 Å². The van der Waals surface area contributed by atoms with Crippen LogP contribution in [0.25, 0.3) is 0 Å². The average Bonchev–Trinajstić information content (AvgIpc) is 3.05. The Morgan fingerprint density at radius 1 is 1.23 bits per heavy atom. The molecule has 1 aromatic rings. The first kappa shape index (κ1) is 18.7. The molecule has 2 amide bonds. The van der Waals surface area contributed by atoms with Crippen molar-refractivity contribution in [1.29, 1.82) is 0 Å². The molecule has 0 radical (unpaired) electrons. The quantitative estimate of drug-likeness (QED) is 0.755. The van der Waals surface area contributed by atoms with Crippen molar-refractivity contribution in [3.63, 3.8) is 0 Å². The lowest BCUT2D eigenvalue weighted by Gasteiger charge is -2.39. The van der Waals surface area contributed by atoms with Gasteiger partial charge in [-0.25, -0.2) is 0 Å². The number of amides is 2. The molecule has 2 aliphatic heterocycles. The first-order valence-electron chi connectivity index (χ1n) is 9.58. The third-order valence-electron chi connectivity index (χ3n) is 5.67. The summed E-state index contributed by atoms with van der Waals surface area (Å²) in [5, 5.41) is 0. The van der Waals surface area contributed by atoms with Crippen molar-refractivity contribution in [1.82, 2.24) is 9.80 Å². The Hall–Kier alpha value is -2.08. The van der Waals surface area contributed by atoms with Crippen LogP contribution in [-0.4, -0.2) is 60.9 Å². The highest BCUT2D eigenvalue weighted by atomic mass is 16.5. The zero-order valence-corrected chi connectivity index (χ0v) is 15.6. The van der Waals surface area contributed by atoms with Crippen LogP contribution in [-0.2, 0) is 4.79 Å². The molecule has 26 heavy (non-hydrogen) atoms. The summed E-state index contributed by atoms with van der Waals surface area (Å²) in [5.41, 5.74) is 5.57. The number of hydrogen-bond donors (Lipinski definition) is 1. The molecular weight excluding hydrogens is 330 g/mol. The summed E-state index contributed by atoms with van der Waals surface area (Å²) < 4.78 is 5.74. The van der Waals surface area contributed by atoms with Crippen LogP contribution >= 0.6 is 0 Å². The van der Waals surface area contributed by atoms with Crippen molar-refractivity contribution in [2.45, 2.75) is 32.6 Å². The molecule has 1 atom stereocenters. The number of rotatable bonds is 7. The Bertz CT molecular complexity index is 646. The summed E-state index contributed by atoms with van der Waals surface area (Å²) in [6.07, 6.45) is 4.05. The predicted octanol–water partition coefficient (Wildman–Crippen LogP) is 1.89. The number of hydrogen-bond acceptors (Lipinski definition) is 4. The molecule has 0 saturated carbocycles. The molecule has 0 bridgehead atoms. The van der Waals surface area contributed by atoms with Crippen LogP contribution in [0.3, 0.4) is 0 Å². The molecule has 3 rings (SSSR count). The van der Waals surface area contributed by atoms with E-state index >= 15 is 0 Å². The van der Waals surface area contributed by atoms with Gasteiger partial charge in [0.1, 0.15) is 5.75 Å². The van der Waals surface area contributed by atoms with Crippen LogP contribution in [0.4, 0.5) is 0 Å². The topological polar surface area (TPSA) is 75.9 Å². The number of piperidine rings is 1. The van der Waals surface area contributed by atoms with Crippen LogP contribution < -0.4 is 10.5 Å². The van der Waals surface area contributed by atoms with E-state index in [1.807, 2.05) is 4.90 Å². The van der Waals surface area contributed by atoms with Gasteiger partial charge in [0, 0.05) is 31.7 Å². The third-order valence-corrected chi connectivity index (χ3v) is 5.67. The number of benzene rings is 1. The smallest absolute Gasteiger partial charge is 0.248 e. The Morgan fingerprint density at radius 3 is 2.69 bits per heavy atom. The van der Waals surface area contributed by atoms with Crippen molar-refractivity contribution < 1.29 is 14.3 Å². The summed E-state index contributed by atoms with van der Waals surface area (Å²) in [7, 11) is 0. The maximum absolute atomic E-state index is 12.8. The Labute approximate surface area is 155 Å². The lowest BCUT2D eigenvalue weighted by atomic mass is 9.78. The molecule has 2 aliphatic rings. The molecule has 2 heterocycles. The van der Waals surface area contributed by atoms with E-state index in [2.05, 4.69) is 11.8 Å². The van der Waals surface area contributed by atoms with E-state index in [1.165, 1.54) is 0 Å². The summed E-state index contributed by atoms with van der Waals surface area (Å²) in [5.74, 6) is 0.673. The fourth-order valence-corrected chi connectivity index (χ4v) is 4.18. The Kier molecular flexibility index (Phi) is 5.81. The first-order valence-corrected chi connectivity index (χ1v) is 9.58. The third kappa shape index (κ3) is 4.01. The zero-order valence-electron chi connectivity index (χ0n) is 15.6. The minimum absolute atomic E-state index is 0.139.